The number of amides is 1. The molecule has 1 N–H and O–H groups in total. The highest BCUT2D eigenvalue weighted by Crippen LogP contribution is 2.33. The lowest BCUT2D eigenvalue weighted by atomic mass is 10.1. The zero-order chi connectivity index (χ0) is 11.5. The van der Waals surface area contributed by atoms with Crippen molar-refractivity contribution in [3.63, 3.8) is 0 Å². The number of hydrogen-bond donors (Lipinski definition) is 2. The molecule has 0 saturated heterocycles. The Hall–Kier alpha value is -1.20. The zero-order valence-corrected chi connectivity index (χ0v) is 9.96. The minimum absolute atomic E-state index is 0.0518. The molecule has 0 radical (unpaired) electrons. The molecule has 0 atom stereocenters. The predicted octanol–water partition coefficient (Wildman–Crippen LogP) is 1.02. The van der Waals surface area contributed by atoms with E-state index < -0.39 is 0 Å². The van der Waals surface area contributed by atoms with E-state index in [4.69, 9.17) is 4.74 Å². The van der Waals surface area contributed by atoms with Crippen molar-refractivity contribution in [3.05, 3.63) is 23.8 Å². The highest BCUT2D eigenvalue weighted by atomic mass is 32.1. The molecule has 1 aliphatic rings. The number of carbonyl (C=O) groups is 1. The average molecular weight is 238 g/mol. The first-order chi connectivity index (χ1) is 7.76. The van der Waals surface area contributed by atoms with E-state index >= 15 is 0 Å². The van der Waals surface area contributed by atoms with Gasteiger partial charge in [-0.1, -0.05) is 6.07 Å². The zero-order valence-electron chi connectivity index (χ0n) is 9.06. The smallest absolute Gasteiger partial charge is 0.265 e. The second-order valence-electron chi connectivity index (χ2n) is 3.58. The van der Waals surface area contributed by atoms with E-state index in [1.54, 1.807) is 4.90 Å². The molecule has 2 rings (SSSR count). The van der Waals surface area contributed by atoms with E-state index in [0.29, 0.717) is 5.88 Å². The van der Waals surface area contributed by atoms with Gasteiger partial charge in [0.15, 0.2) is 6.61 Å². The van der Waals surface area contributed by atoms with Crippen LogP contribution in [-0.4, -0.2) is 25.4 Å². The summed E-state index contributed by atoms with van der Waals surface area (Å²) >= 11 is 4.17. The van der Waals surface area contributed by atoms with Crippen LogP contribution in [0, 0.1) is 0 Å². The van der Waals surface area contributed by atoms with Gasteiger partial charge in [0, 0.05) is 6.54 Å². The highest BCUT2D eigenvalue weighted by Gasteiger charge is 2.24. The fourth-order valence-corrected chi connectivity index (χ4v) is 2.03. The van der Waals surface area contributed by atoms with E-state index in [-0.39, 0.29) is 12.5 Å². The van der Waals surface area contributed by atoms with Gasteiger partial charge < -0.3 is 10.1 Å². The molecule has 1 amide bonds. The summed E-state index contributed by atoms with van der Waals surface area (Å²) in [6, 6.07) is 5.84. The molecule has 0 saturated carbocycles. The van der Waals surface area contributed by atoms with Gasteiger partial charge in [-0.3, -0.25) is 9.69 Å². The van der Waals surface area contributed by atoms with Crippen molar-refractivity contribution in [3.8, 4) is 5.75 Å². The minimum atomic E-state index is -0.0518. The minimum Gasteiger partial charge on any atom is -0.482 e. The number of nitrogens with one attached hydrogen (secondary N) is 1. The second-order valence-corrected chi connectivity index (χ2v) is 3.87. The number of hydrogen-bond acceptors (Lipinski definition) is 4. The van der Waals surface area contributed by atoms with Crippen LogP contribution in [0.4, 0.5) is 5.69 Å². The van der Waals surface area contributed by atoms with Crippen LogP contribution in [-0.2, 0) is 11.3 Å². The lowest BCUT2D eigenvalue weighted by Gasteiger charge is -2.28. The summed E-state index contributed by atoms with van der Waals surface area (Å²) in [5.74, 6) is 1.07. The molecule has 5 heteroatoms. The number of anilines is 1. The van der Waals surface area contributed by atoms with Crippen LogP contribution in [0.25, 0.3) is 0 Å². The van der Waals surface area contributed by atoms with Gasteiger partial charge in [0.05, 0.1) is 11.6 Å². The van der Waals surface area contributed by atoms with Crippen LogP contribution < -0.4 is 15.0 Å². The van der Waals surface area contributed by atoms with E-state index in [0.717, 1.165) is 23.5 Å². The number of carbonyl (C=O) groups excluding carboxylic acids is 1. The average Bonchev–Trinajstić information content (AvgIpc) is 2.29. The lowest BCUT2D eigenvalue weighted by Crippen LogP contribution is -2.38. The second kappa shape index (κ2) is 4.76. The van der Waals surface area contributed by atoms with Gasteiger partial charge in [0.1, 0.15) is 5.75 Å². The van der Waals surface area contributed by atoms with Crippen molar-refractivity contribution in [2.75, 3.05) is 24.4 Å². The maximum Gasteiger partial charge on any atom is 0.265 e. The molecule has 0 spiro atoms. The topological polar surface area (TPSA) is 41.6 Å². The monoisotopic (exact) mass is 238 g/mol. The Morgan fingerprint density at radius 3 is 3.06 bits per heavy atom. The Labute approximate surface area is 100.0 Å². The Morgan fingerprint density at radius 2 is 2.38 bits per heavy atom. The van der Waals surface area contributed by atoms with Gasteiger partial charge in [0.2, 0.25) is 0 Å². The molecule has 0 aromatic heterocycles. The summed E-state index contributed by atoms with van der Waals surface area (Å²) in [5, 5.41) is 3.07. The van der Waals surface area contributed by atoms with Gasteiger partial charge in [-0.05, 0) is 24.7 Å². The molecule has 4 nitrogen and oxygen atoms in total. The molecular weight excluding hydrogens is 224 g/mol. The summed E-state index contributed by atoms with van der Waals surface area (Å²) in [6.07, 6.45) is 0. The summed E-state index contributed by atoms with van der Waals surface area (Å²) in [5.41, 5.74) is 1.92. The van der Waals surface area contributed by atoms with E-state index in [2.05, 4.69) is 17.9 Å². The van der Waals surface area contributed by atoms with Gasteiger partial charge >= 0.3 is 0 Å². The Bertz CT molecular complexity index is 409. The third-order valence-electron chi connectivity index (χ3n) is 2.49. The van der Waals surface area contributed by atoms with Crippen LogP contribution in [0.2, 0.25) is 0 Å². The number of nitrogens with zero attached hydrogens (tertiary/aromatic N) is 1. The molecule has 1 aliphatic heterocycles. The normalized spacial score (nSPS) is 14.6. The van der Waals surface area contributed by atoms with Gasteiger partial charge in [-0.25, -0.2) is 0 Å². The van der Waals surface area contributed by atoms with Crippen molar-refractivity contribution in [2.24, 2.45) is 0 Å². The molecule has 1 aromatic rings. The Balaban J connectivity index is 2.37. The Morgan fingerprint density at radius 1 is 1.56 bits per heavy atom. The van der Waals surface area contributed by atoms with Crippen molar-refractivity contribution < 1.29 is 9.53 Å². The first-order valence-electron chi connectivity index (χ1n) is 5.08. The number of benzene rings is 1. The highest BCUT2D eigenvalue weighted by molar-refractivity contribution is 7.80. The number of ether oxygens (including phenoxy) is 1. The quantitative estimate of drug-likeness (QED) is 0.773. The van der Waals surface area contributed by atoms with E-state index in [1.807, 2.05) is 25.2 Å². The van der Waals surface area contributed by atoms with Crippen molar-refractivity contribution in [1.82, 2.24) is 5.32 Å². The molecule has 0 aliphatic carbocycles. The number of fused-ring (bicyclic) bond motifs is 1. The molecule has 86 valence electrons. The van der Waals surface area contributed by atoms with Gasteiger partial charge in [-0.2, -0.15) is 12.6 Å². The molecule has 0 bridgehead atoms. The fourth-order valence-electron chi connectivity index (χ4n) is 1.72. The molecule has 0 fully saturated rings. The fraction of sp³-hybridized carbons (Fsp3) is 0.364. The van der Waals surface area contributed by atoms with Crippen molar-refractivity contribution in [1.29, 1.82) is 0 Å². The maximum atomic E-state index is 11.6. The number of thiol groups is 1. The first kappa shape index (κ1) is 11.3. The van der Waals surface area contributed by atoms with Gasteiger partial charge in [0.25, 0.3) is 5.91 Å². The summed E-state index contributed by atoms with van der Waals surface area (Å²) in [4.78, 5) is 13.2. The van der Waals surface area contributed by atoms with Gasteiger partial charge in [-0.15, -0.1) is 0 Å². The largest absolute Gasteiger partial charge is 0.482 e. The standard InChI is InChI=1S/C11H14N2O2S/c1-12-5-8-2-3-10-9(4-8)13(7-16)11(14)6-15-10/h2-4,12,16H,5-7H2,1H3. The third kappa shape index (κ3) is 2.01. The Kier molecular flexibility index (Phi) is 3.36. The lowest BCUT2D eigenvalue weighted by molar-refractivity contribution is -0.121. The van der Waals surface area contributed by atoms with Crippen molar-refractivity contribution >= 4 is 24.2 Å². The van der Waals surface area contributed by atoms with Crippen LogP contribution in [0.3, 0.4) is 0 Å². The maximum absolute atomic E-state index is 11.6. The van der Waals surface area contributed by atoms with Crippen LogP contribution in [0.5, 0.6) is 5.75 Å². The molecule has 1 heterocycles. The predicted molar refractivity (Wildman–Crippen MR) is 66.0 cm³/mol. The molecular formula is C11H14N2O2S. The number of rotatable bonds is 3. The van der Waals surface area contributed by atoms with Crippen LogP contribution >= 0.6 is 12.6 Å². The third-order valence-corrected chi connectivity index (χ3v) is 2.77. The summed E-state index contributed by atoms with van der Waals surface area (Å²) in [7, 11) is 1.89. The SMILES string of the molecule is CNCc1ccc2c(c1)N(CS)C(=O)CO2. The molecule has 1 aromatic carbocycles. The van der Waals surface area contributed by atoms with E-state index in [9.17, 15) is 4.79 Å². The van der Waals surface area contributed by atoms with E-state index in [1.165, 1.54) is 0 Å². The first-order valence-corrected chi connectivity index (χ1v) is 5.71. The summed E-state index contributed by atoms with van der Waals surface area (Å²) in [6.45, 7) is 0.862. The van der Waals surface area contributed by atoms with Crippen LogP contribution in [0.15, 0.2) is 18.2 Å². The molecule has 0 unspecified atom stereocenters. The van der Waals surface area contributed by atoms with Crippen LogP contribution in [0.1, 0.15) is 5.56 Å². The molecule has 16 heavy (non-hydrogen) atoms. The summed E-state index contributed by atoms with van der Waals surface area (Å²) < 4.78 is 5.36. The van der Waals surface area contributed by atoms with Crippen molar-refractivity contribution in [2.45, 2.75) is 6.54 Å².